The van der Waals surface area contributed by atoms with E-state index < -0.39 is 67.3 Å². The minimum atomic E-state index is -1.92. The number of carbonyl (C=O) groups is 4. The molecule has 0 aromatic heterocycles. The molecule has 73 heavy (non-hydrogen) atoms. The molecule has 0 aromatic carbocycles. The minimum Gasteiger partial charge on any atom is -0.479 e. The number of aliphatic hydroxyl groups is 2. The van der Waals surface area contributed by atoms with Gasteiger partial charge in [0.05, 0.1) is 6.61 Å². The van der Waals surface area contributed by atoms with Crippen molar-refractivity contribution in [2.24, 2.45) is 0 Å². The molecule has 1 aliphatic heterocycles. The van der Waals surface area contributed by atoms with Gasteiger partial charge in [-0.25, -0.2) is 4.79 Å². The normalized spacial score (nSPS) is 18.9. The highest BCUT2D eigenvalue weighted by Crippen LogP contribution is 2.26. The van der Waals surface area contributed by atoms with Crippen molar-refractivity contribution in [1.29, 1.82) is 0 Å². The summed E-state index contributed by atoms with van der Waals surface area (Å²) in [6.45, 7) is 5.71. The quantitative estimate of drug-likeness (QED) is 0.0228. The summed E-state index contributed by atoms with van der Waals surface area (Å²) in [5, 5.41) is 31.4. The number of hydrogen-bond acceptors (Lipinski definition) is 11. The number of hydrogen-bond donors (Lipinski definition) is 3. The molecule has 0 aromatic rings. The Hall–Kier alpha value is -4.10. The first-order chi connectivity index (χ1) is 35.6. The Kier molecular flexibility index (Phi) is 44.7. The summed E-state index contributed by atoms with van der Waals surface area (Å²) < 4.78 is 28.3. The van der Waals surface area contributed by atoms with Crippen LogP contribution in [-0.4, -0.2) is 89.2 Å². The first-order valence-corrected chi connectivity index (χ1v) is 28.6. The lowest BCUT2D eigenvalue weighted by Crippen LogP contribution is -2.61. The van der Waals surface area contributed by atoms with Gasteiger partial charge in [0.2, 0.25) is 0 Å². The fraction of sp³-hybridized carbons (Fsp3) is 0.705. The highest BCUT2D eigenvalue weighted by atomic mass is 16.7. The molecule has 1 aliphatic rings. The Labute approximate surface area is 441 Å². The number of carboxylic acids is 1. The summed E-state index contributed by atoms with van der Waals surface area (Å²) in [7, 11) is 0. The number of aliphatic carboxylic acids is 1. The zero-order valence-corrected chi connectivity index (χ0v) is 45.6. The van der Waals surface area contributed by atoms with Crippen LogP contribution in [-0.2, 0) is 42.9 Å². The van der Waals surface area contributed by atoms with Gasteiger partial charge < -0.3 is 39.0 Å². The average molecular weight is 1030 g/mol. The molecule has 0 saturated carbocycles. The second-order valence-corrected chi connectivity index (χ2v) is 19.2. The molecule has 0 aliphatic carbocycles. The molecule has 1 fully saturated rings. The van der Waals surface area contributed by atoms with Gasteiger partial charge in [-0.1, -0.05) is 183 Å². The molecule has 0 bridgehead atoms. The van der Waals surface area contributed by atoms with Crippen LogP contribution in [0.15, 0.2) is 85.1 Å². The number of carbonyl (C=O) groups excluding carboxylic acids is 3. The lowest BCUT2D eigenvalue weighted by molar-refractivity contribution is -0.301. The summed E-state index contributed by atoms with van der Waals surface area (Å²) in [5.41, 5.74) is 0. The SMILES string of the molecule is CC/C=C\C/C=C\C/C=C\CCCCCCCC(=O)OC1C(OCC(COC(=O)CCCCCCC/C=C\CCCCCCCC)OC(=O)CCCCC/C=C\C/C=C\C/C=C\CC)OC(C(=O)O)C(O)C1O. The fourth-order valence-corrected chi connectivity index (χ4v) is 8.10. The highest BCUT2D eigenvalue weighted by molar-refractivity contribution is 5.74. The fourth-order valence-electron chi connectivity index (χ4n) is 8.10. The molecule has 12 nitrogen and oxygen atoms in total. The van der Waals surface area contributed by atoms with E-state index >= 15 is 0 Å². The van der Waals surface area contributed by atoms with Crippen LogP contribution in [0.4, 0.5) is 0 Å². The van der Waals surface area contributed by atoms with E-state index in [0.717, 1.165) is 128 Å². The van der Waals surface area contributed by atoms with Gasteiger partial charge >= 0.3 is 23.9 Å². The molecule has 1 saturated heterocycles. The Morgan fingerprint density at radius 3 is 1.34 bits per heavy atom. The van der Waals surface area contributed by atoms with Gasteiger partial charge in [-0.05, 0) is 109 Å². The Balaban J connectivity index is 2.74. The van der Waals surface area contributed by atoms with Crippen molar-refractivity contribution in [1.82, 2.24) is 0 Å². The molecular weight excluding hydrogens is 925 g/mol. The molecule has 0 amide bonds. The first-order valence-electron chi connectivity index (χ1n) is 28.6. The van der Waals surface area contributed by atoms with Gasteiger partial charge in [-0.3, -0.25) is 14.4 Å². The first kappa shape index (κ1) is 66.9. The highest BCUT2D eigenvalue weighted by Gasteiger charge is 2.50. The molecule has 12 heteroatoms. The average Bonchev–Trinajstić information content (AvgIpc) is 3.37. The molecule has 3 N–H and O–H groups in total. The molecule has 6 unspecified atom stereocenters. The van der Waals surface area contributed by atoms with Crippen molar-refractivity contribution in [3.8, 4) is 0 Å². The monoisotopic (exact) mass is 1020 g/mol. The van der Waals surface area contributed by atoms with Crippen molar-refractivity contribution in [3.63, 3.8) is 0 Å². The van der Waals surface area contributed by atoms with Gasteiger partial charge in [0.25, 0.3) is 0 Å². The van der Waals surface area contributed by atoms with Crippen LogP contribution in [0.25, 0.3) is 0 Å². The van der Waals surface area contributed by atoms with E-state index in [1.807, 2.05) is 0 Å². The van der Waals surface area contributed by atoms with Crippen LogP contribution >= 0.6 is 0 Å². The minimum absolute atomic E-state index is 0.0335. The Morgan fingerprint density at radius 2 is 0.863 bits per heavy atom. The maximum absolute atomic E-state index is 13.1. The van der Waals surface area contributed by atoms with E-state index in [9.17, 15) is 34.5 Å². The van der Waals surface area contributed by atoms with E-state index in [1.165, 1.54) is 38.5 Å². The third-order valence-electron chi connectivity index (χ3n) is 12.4. The Morgan fingerprint density at radius 1 is 0.466 bits per heavy atom. The lowest BCUT2D eigenvalue weighted by Gasteiger charge is -2.40. The maximum Gasteiger partial charge on any atom is 0.335 e. The van der Waals surface area contributed by atoms with Gasteiger partial charge in [-0.2, -0.15) is 0 Å². The zero-order chi connectivity index (χ0) is 53.3. The number of esters is 3. The van der Waals surface area contributed by atoms with Crippen LogP contribution < -0.4 is 0 Å². The standard InChI is InChI=1S/C61H100O12/c1-4-7-10-13-16-19-22-25-27-30-32-35-38-41-44-47-53(62)69-50-52(71-54(63)48-45-42-39-36-33-29-24-21-18-15-12-9-6-3)51-70-61-59(57(66)56(65)58(73-61)60(67)68)72-55(64)49-46-43-40-37-34-31-28-26-23-20-17-14-11-8-5-2/h8-9,11-12,17-18,20-21,25-29,33,52,56-59,61,65-66H,4-7,10,13-16,19,22-24,30-32,34-51H2,1-3H3,(H,67,68)/b11-8-,12-9-,20-17-,21-18-,27-25-,28-26-,33-29-. The van der Waals surface area contributed by atoms with Crippen LogP contribution in [0, 0.1) is 0 Å². The van der Waals surface area contributed by atoms with Crippen molar-refractivity contribution < 1.29 is 58.2 Å². The van der Waals surface area contributed by atoms with Crippen LogP contribution in [0.3, 0.4) is 0 Å². The van der Waals surface area contributed by atoms with Crippen molar-refractivity contribution >= 4 is 23.9 Å². The van der Waals surface area contributed by atoms with Crippen LogP contribution in [0.5, 0.6) is 0 Å². The maximum atomic E-state index is 13.1. The van der Waals surface area contributed by atoms with Crippen molar-refractivity contribution in [2.75, 3.05) is 13.2 Å². The zero-order valence-electron chi connectivity index (χ0n) is 45.6. The summed E-state index contributed by atoms with van der Waals surface area (Å²) >= 11 is 0. The molecule has 6 atom stereocenters. The van der Waals surface area contributed by atoms with Crippen LogP contribution in [0.2, 0.25) is 0 Å². The smallest absolute Gasteiger partial charge is 0.335 e. The summed E-state index contributed by atoms with van der Waals surface area (Å²) in [4.78, 5) is 51.0. The van der Waals surface area contributed by atoms with E-state index in [1.54, 1.807) is 0 Å². The van der Waals surface area contributed by atoms with E-state index in [-0.39, 0.29) is 25.9 Å². The lowest BCUT2D eigenvalue weighted by atomic mass is 9.98. The summed E-state index contributed by atoms with van der Waals surface area (Å²) in [6, 6.07) is 0. The van der Waals surface area contributed by atoms with Gasteiger partial charge in [0.1, 0.15) is 18.8 Å². The number of unbranched alkanes of at least 4 members (excludes halogenated alkanes) is 19. The van der Waals surface area contributed by atoms with E-state index in [2.05, 4.69) is 106 Å². The van der Waals surface area contributed by atoms with E-state index in [0.29, 0.717) is 19.3 Å². The molecule has 1 heterocycles. The number of carboxylic acid groups (broad SMARTS) is 1. The van der Waals surface area contributed by atoms with E-state index in [4.69, 9.17) is 23.7 Å². The van der Waals surface area contributed by atoms with Crippen molar-refractivity contribution in [2.45, 2.75) is 263 Å². The summed E-state index contributed by atoms with van der Waals surface area (Å²) in [5.74, 6) is -3.20. The van der Waals surface area contributed by atoms with Crippen LogP contribution in [0.1, 0.15) is 226 Å². The molecule has 416 valence electrons. The van der Waals surface area contributed by atoms with Gasteiger partial charge in [0, 0.05) is 19.3 Å². The predicted octanol–water partition coefficient (Wildman–Crippen LogP) is 14.3. The number of allylic oxidation sites excluding steroid dienone is 14. The predicted molar refractivity (Wildman–Crippen MR) is 294 cm³/mol. The van der Waals surface area contributed by atoms with Crippen molar-refractivity contribution in [3.05, 3.63) is 85.1 Å². The molecule has 0 spiro atoms. The molecule has 0 radical (unpaired) electrons. The third-order valence-corrected chi connectivity index (χ3v) is 12.4. The molecule has 1 rings (SSSR count). The second-order valence-electron chi connectivity index (χ2n) is 19.2. The molecular formula is C61H100O12. The Bertz CT molecular complexity index is 1590. The van der Waals surface area contributed by atoms with Gasteiger partial charge in [-0.15, -0.1) is 0 Å². The van der Waals surface area contributed by atoms with Gasteiger partial charge in [0.15, 0.2) is 24.6 Å². The number of rotatable bonds is 47. The number of aliphatic hydroxyl groups excluding tert-OH is 2. The number of ether oxygens (including phenoxy) is 5. The summed E-state index contributed by atoms with van der Waals surface area (Å²) in [6.07, 6.45) is 49.9. The third kappa shape index (κ3) is 39.0. The topological polar surface area (TPSA) is 175 Å². The second kappa shape index (κ2) is 48.8. The largest absolute Gasteiger partial charge is 0.479 e.